The number of hydrogen-bond donors (Lipinski definition) is 4. The lowest BCUT2D eigenvalue weighted by Crippen LogP contribution is -2.59. The Morgan fingerprint density at radius 1 is 0.897 bits per heavy atom. The van der Waals surface area contributed by atoms with Crippen molar-refractivity contribution in [2.75, 3.05) is 20.1 Å². The molecule has 1 aliphatic rings. The highest BCUT2D eigenvalue weighted by atomic mass is 16.2. The number of hydrogen-bond acceptors (Lipinski definition) is 6. The van der Waals surface area contributed by atoms with Crippen molar-refractivity contribution in [3.05, 3.63) is 35.9 Å². The fraction of sp³-hybridized carbons (Fsp3) is 0.621. The third-order valence-corrected chi connectivity index (χ3v) is 7.02. The second-order valence-electron chi connectivity index (χ2n) is 11.9. The van der Waals surface area contributed by atoms with Crippen molar-refractivity contribution < 1.29 is 24.0 Å². The van der Waals surface area contributed by atoms with Gasteiger partial charge < -0.3 is 26.2 Å². The summed E-state index contributed by atoms with van der Waals surface area (Å²) in [5.41, 5.74) is 0.241. The first-order valence-corrected chi connectivity index (χ1v) is 13.7. The van der Waals surface area contributed by atoms with Crippen LogP contribution in [-0.2, 0) is 30.5 Å². The van der Waals surface area contributed by atoms with E-state index in [1.807, 2.05) is 58.2 Å². The lowest BCUT2D eigenvalue weighted by molar-refractivity contribution is -0.141. The van der Waals surface area contributed by atoms with Crippen molar-refractivity contribution in [2.24, 2.45) is 17.3 Å². The predicted molar refractivity (Wildman–Crippen MR) is 149 cm³/mol. The monoisotopic (exact) mass is 543 g/mol. The molecular formula is C29H45N5O5. The van der Waals surface area contributed by atoms with Crippen molar-refractivity contribution in [3.8, 4) is 0 Å². The predicted octanol–water partition coefficient (Wildman–Crippen LogP) is 1.39. The van der Waals surface area contributed by atoms with Gasteiger partial charge in [0.1, 0.15) is 12.1 Å². The van der Waals surface area contributed by atoms with E-state index in [0.29, 0.717) is 0 Å². The van der Waals surface area contributed by atoms with Gasteiger partial charge in [0.05, 0.1) is 6.04 Å². The van der Waals surface area contributed by atoms with Crippen molar-refractivity contribution in [2.45, 2.75) is 79.1 Å². The fourth-order valence-corrected chi connectivity index (χ4v) is 4.39. The quantitative estimate of drug-likeness (QED) is 0.312. The van der Waals surface area contributed by atoms with E-state index in [0.717, 1.165) is 31.5 Å². The van der Waals surface area contributed by atoms with Gasteiger partial charge in [0.25, 0.3) is 5.91 Å². The number of carbonyl (C=O) groups excluding carboxylic acids is 5. The molecular weight excluding hydrogens is 498 g/mol. The van der Waals surface area contributed by atoms with E-state index >= 15 is 0 Å². The van der Waals surface area contributed by atoms with E-state index in [1.54, 1.807) is 13.8 Å². The zero-order chi connectivity index (χ0) is 29.3. The molecule has 3 atom stereocenters. The van der Waals surface area contributed by atoms with E-state index in [2.05, 4.69) is 26.2 Å². The summed E-state index contributed by atoms with van der Waals surface area (Å²) in [5.74, 6) is -3.32. The summed E-state index contributed by atoms with van der Waals surface area (Å²) in [4.78, 5) is 66.6. The molecule has 0 spiro atoms. The standard InChI is InChI=1S/C29H45N5O5/c1-18(2)22(23(35)27(38)30-17-20-11-9-8-10-12-20)32-25(36)19(3)31-28(39)24(29(4,5)6)33-26(37)21-13-15-34(7)16-14-21/h8-12,18-19,21-22,24H,13-17H2,1-7H3,(H,30,38)(H,31,39)(H,32,36)(H,33,37). The zero-order valence-corrected chi connectivity index (χ0v) is 24.3. The van der Waals surface area contributed by atoms with Crippen LogP contribution in [0.4, 0.5) is 0 Å². The molecule has 1 aromatic carbocycles. The molecule has 1 aliphatic heterocycles. The van der Waals surface area contributed by atoms with Crippen molar-refractivity contribution >= 4 is 29.4 Å². The summed E-state index contributed by atoms with van der Waals surface area (Å²) < 4.78 is 0. The molecule has 2 rings (SSSR count). The molecule has 216 valence electrons. The molecule has 0 aromatic heterocycles. The van der Waals surface area contributed by atoms with Crippen LogP contribution in [0, 0.1) is 17.3 Å². The summed E-state index contributed by atoms with van der Waals surface area (Å²) in [6, 6.07) is 6.27. The number of benzene rings is 1. The van der Waals surface area contributed by atoms with Gasteiger partial charge in [-0.05, 0) is 56.8 Å². The van der Waals surface area contributed by atoms with Gasteiger partial charge in [-0.15, -0.1) is 0 Å². The summed E-state index contributed by atoms with van der Waals surface area (Å²) in [5, 5.41) is 10.8. The first-order valence-electron chi connectivity index (χ1n) is 13.7. The van der Waals surface area contributed by atoms with E-state index in [4.69, 9.17) is 0 Å². The van der Waals surface area contributed by atoms with Gasteiger partial charge in [0, 0.05) is 12.5 Å². The van der Waals surface area contributed by atoms with Crippen LogP contribution in [-0.4, -0.2) is 72.6 Å². The highest BCUT2D eigenvalue weighted by molar-refractivity contribution is 6.38. The Hall–Kier alpha value is -3.27. The van der Waals surface area contributed by atoms with Crippen LogP contribution < -0.4 is 21.3 Å². The van der Waals surface area contributed by atoms with Crippen molar-refractivity contribution in [3.63, 3.8) is 0 Å². The molecule has 3 unspecified atom stereocenters. The summed E-state index contributed by atoms with van der Waals surface area (Å²) in [6.07, 6.45) is 1.45. The molecule has 1 fully saturated rings. The number of amides is 4. The van der Waals surface area contributed by atoms with Gasteiger partial charge in [-0.2, -0.15) is 0 Å². The van der Waals surface area contributed by atoms with Crippen molar-refractivity contribution in [1.82, 2.24) is 26.2 Å². The SMILES string of the molecule is CC(NC(=O)C(NC(=O)C1CCN(C)CC1)C(C)(C)C)C(=O)NC(C(=O)C(=O)NCc1ccccc1)C(C)C. The maximum atomic E-state index is 13.2. The molecule has 10 nitrogen and oxygen atoms in total. The molecule has 1 aromatic rings. The Kier molecular flexibility index (Phi) is 11.6. The van der Waals surface area contributed by atoms with Crippen LogP contribution in [0.1, 0.15) is 59.9 Å². The molecule has 0 saturated carbocycles. The second-order valence-corrected chi connectivity index (χ2v) is 11.9. The summed E-state index contributed by atoms with van der Waals surface area (Å²) >= 11 is 0. The lowest BCUT2D eigenvalue weighted by Gasteiger charge is -2.34. The maximum absolute atomic E-state index is 13.2. The van der Waals surface area contributed by atoms with Gasteiger partial charge in [0.2, 0.25) is 23.5 Å². The average Bonchev–Trinajstić information content (AvgIpc) is 2.88. The molecule has 4 amide bonds. The largest absolute Gasteiger partial charge is 0.345 e. The number of nitrogens with one attached hydrogen (secondary N) is 4. The van der Waals surface area contributed by atoms with Gasteiger partial charge in [0.15, 0.2) is 0 Å². The normalized spacial score (nSPS) is 17.0. The smallest absolute Gasteiger partial charge is 0.289 e. The lowest BCUT2D eigenvalue weighted by atomic mass is 9.85. The molecule has 1 saturated heterocycles. The molecule has 10 heteroatoms. The third-order valence-electron chi connectivity index (χ3n) is 7.02. The number of rotatable bonds is 11. The summed E-state index contributed by atoms with van der Waals surface area (Å²) in [6.45, 7) is 12.3. The Morgan fingerprint density at radius 3 is 2.03 bits per heavy atom. The maximum Gasteiger partial charge on any atom is 0.289 e. The number of piperidine rings is 1. The van der Waals surface area contributed by atoms with Gasteiger partial charge in [-0.1, -0.05) is 65.0 Å². The second kappa shape index (κ2) is 14.2. The minimum Gasteiger partial charge on any atom is -0.345 e. The van der Waals surface area contributed by atoms with Crippen LogP contribution in [0.2, 0.25) is 0 Å². The van der Waals surface area contributed by atoms with Crippen LogP contribution in [0.5, 0.6) is 0 Å². The number of likely N-dealkylation sites (tertiary alicyclic amines) is 1. The number of carbonyl (C=O) groups is 5. The van der Waals surface area contributed by atoms with E-state index < -0.39 is 47.0 Å². The van der Waals surface area contributed by atoms with Crippen LogP contribution in [0.15, 0.2) is 30.3 Å². The Balaban J connectivity index is 1.98. The van der Waals surface area contributed by atoms with E-state index in [1.165, 1.54) is 6.92 Å². The van der Waals surface area contributed by atoms with Gasteiger partial charge in [-0.25, -0.2) is 0 Å². The van der Waals surface area contributed by atoms with E-state index in [-0.39, 0.29) is 24.3 Å². The van der Waals surface area contributed by atoms with Crippen LogP contribution >= 0.6 is 0 Å². The Morgan fingerprint density at radius 2 is 1.49 bits per heavy atom. The molecule has 0 radical (unpaired) electrons. The Bertz CT molecular complexity index is 1010. The number of nitrogens with zero attached hydrogens (tertiary/aromatic N) is 1. The highest BCUT2D eigenvalue weighted by Gasteiger charge is 2.37. The average molecular weight is 544 g/mol. The third kappa shape index (κ3) is 9.76. The van der Waals surface area contributed by atoms with Crippen LogP contribution in [0.25, 0.3) is 0 Å². The Labute approximate surface area is 232 Å². The molecule has 4 N–H and O–H groups in total. The highest BCUT2D eigenvalue weighted by Crippen LogP contribution is 2.22. The van der Waals surface area contributed by atoms with Gasteiger partial charge >= 0.3 is 0 Å². The van der Waals surface area contributed by atoms with Crippen LogP contribution in [0.3, 0.4) is 0 Å². The van der Waals surface area contributed by atoms with E-state index in [9.17, 15) is 24.0 Å². The minimum absolute atomic E-state index is 0.162. The zero-order valence-electron chi connectivity index (χ0n) is 24.3. The first-order chi connectivity index (χ1) is 18.2. The topological polar surface area (TPSA) is 137 Å². The summed E-state index contributed by atoms with van der Waals surface area (Å²) in [7, 11) is 2.01. The minimum atomic E-state index is -1.06. The number of ketones is 1. The number of Topliss-reactive ketones (excluding diaryl/α,β-unsaturated/α-hetero) is 1. The fourth-order valence-electron chi connectivity index (χ4n) is 4.39. The van der Waals surface area contributed by atoms with Gasteiger partial charge in [-0.3, -0.25) is 24.0 Å². The molecule has 39 heavy (non-hydrogen) atoms. The molecule has 0 aliphatic carbocycles. The molecule has 0 bridgehead atoms. The van der Waals surface area contributed by atoms with Crippen molar-refractivity contribution in [1.29, 1.82) is 0 Å². The molecule has 1 heterocycles. The first kappa shape index (κ1) is 31.9.